The minimum Gasteiger partial charge on any atom is -0.497 e. The van der Waals surface area contributed by atoms with Crippen molar-refractivity contribution in [2.45, 2.75) is 31.2 Å². The van der Waals surface area contributed by atoms with Crippen LogP contribution in [0.5, 0.6) is 11.5 Å². The number of aromatic nitrogens is 1. The summed E-state index contributed by atoms with van der Waals surface area (Å²) in [7, 11) is -0.204. The average Bonchev–Trinajstić information content (AvgIpc) is 3.66. The van der Waals surface area contributed by atoms with Gasteiger partial charge < -0.3 is 9.47 Å². The summed E-state index contributed by atoms with van der Waals surface area (Å²) in [6.45, 7) is 4.54. The molecule has 0 saturated heterocycles. The van der Waals surface area contributed by atoms with E-state index in [0.29, 0.717) is 19.5 Å². The van der Waals surface area contributed by atoms with Crippen molar-refractivity contribution in [3.8, 4) is 22.8 Å². The first-order valence-corrected chi connectivity index (χ1v) is 15.4. The molecular formula is C30H32N4O4S2. The van der Waals surface area contributed by atoms with Gasteiger partial charge in [0.1, 0.15) is 11.5 Å². The van der Waals surface area contributed by atoms with Crippen LogP contribution in [0.25, 0.3) is 11.3 Å². The van der Waals surface area contributed by atoms with E-state index in [0.717, 1.165) is 44.7 Å². The van der Waals surface area contributed by atoms with E-state index in [1.165, 1.54) is 15.6 Å². The Labute approximate surface area is 239 Å². The second kappa shape index (κ2) is 11.8. The fraction of sp³-hybridized carbons (Fsp3) is 0.267. The van der Waals surface area contributed by atoms with Gasteiger partial charge in [0.2, 0.25) is 15.2 Å². The number of thiazole rings is 1. The highest BCUT2D eigenvalue weighted by molar-refractivity contribution is 7.89. The van der Waals surface area contributed by atoms with Gasteiger partial charge in [-0.05, 0) is 59.7 Å². The van der Waals surface area contributed by atoms with Crippen LogP contribution in [0.2, 0.25) is 0 Å². The number of benzene rings is 3. The number of methoxy groups -OCH3 is 2. The van der Waals surface area contributed by atoms with Crippen LogP contribution in [0.15, 0.2) is 88.2 Å². The standard InChI is InChI=1S/C30H32N4O4S2/c1-5-33(6-2)40(35,36)26-17-11-22(12-18-26)28-20-39-30(31-28)34-29(23-9-15-25(38-4)16-10-23)19-27(32-34)21-7-13-24(37-3)14-8-21/h7-18,20,29H,5-6,19H2,1-4H3/t29-/m0/s1. The van der Waals surface area contributed by atoms with E-state index in [1.54, 1.807) is 26.4 Å². The Morgan fingerprint density at radius 2 is 1.45 bits per heavy atom. The maximum absolute atomic E-state index is 12.9. The largest absolute Gasteiger partial charge is 0.497 e. The van der Waals surface area contributed by atoms with Crippen LogP contribution in [0.1, 0.15) is 37.4 Å². The maximum Gasteiger partial charge on any atom is 0.243 e. The van der Waals surface area contributed by atoms with Crippen LogP contribution in [-0.2, 0) is 10.0 Å². The van der Waals surface area contributed by atoms with Gasteiger partial charge in [-0.3, -0.25) is 0 Å². The summed E-state index contributed by atoms with van der Waals surface area (Å²) >= 11 is 1.51. The lowest BCUT2D eigenvalue weighted by molar-refractivity contribution is 0.414. The van der Waals surface area contributed by atoms with Gasteiger partial charge in [0.25, 0.3) is 0 Å². The molecule has 0 spiro atoms. The van der Waals surface area contributed by atoms with Crippen LogP contribution >= 0.6 is 11.3 Å². The van der Waals surface area contributed by atoms with Gasteiger partial charge in [-0.1, -0.05) is 38.1 Å². The van der Waals surface area contributed by atoms with Crippen molar-refractivity contribution in [2.75, 3.05) is 32.3 Å². The molecule has 0 fully saturated rings. The lowest BCUT2D eigenvalue weighted by Crippen LogP contribution is -2.30. The van der Waals surface area contributed by atoms with Crippen LogP contribution in [-0.4, -0.2) is 50.7 Å². The van der Waals surface area contributed by atoms with Gasteiger partial charge in [0, 0.05) is 30.5 Å². The number of sulfonamides is 1. The molecule has 1 aliphatic heterocycles. The summed E-state index contributed by atoms with van der Waals surface area (Å²) < 4.78 is 37.9. The Morgan fingerprint density at radius 1 is 0.875 bits per heavy atom. The normalized spacial score (nSPS) is 15.4. The first-order chi connectivity index (χ1) is 19.4. The van der Waals surface area contributed by atoms with Gasteiger partial charge >= 0.3 is 0 Å². The third-order valence-electron chi connectivity index (χ3n) is 7.02. The maximum atomic E-state index is 12.9. The molecule has 0 unspecified atom stereocenters. The Balaban J connectivity index is 1.46. The molecule has 0 N–H and O–H groups in total. The minimum absolute atomic E-state index is 0.0383. The molecule has 4 aromatic rings. The van der Waals surface area contributed by atoms with E-state index in [4.69, 9.17) is 19.6 Å². The minimum atomic E-state index is -3.52. The molecule has 2 heterocycles. The van der Waals surface area contributed by atoms with Crippen LogP contribution in [0.4, 0.5) is 5.13 Å². The topological polar surface area (TPSA) is 84.3 Å². The van der Waals surface area contributed by atoms with Gasteiger partial charge in [-0.2, -0.15) is 9.41 Å². The summed E-state index contributed by atoms with van der Waals surface area (Å²) in [5, 5.41) is 9.74. The van der Waals surface area contributed by atoms with Crippen molar-refractivity contribution >= 4 is 32.2 Å². The van der Waals surface area contributed by atoms with Crippen molar-refractivity contribution in [1.29, 1.82) is 0 Å². The quantitative estimate of drug-likeness (QED) is 0.223. The van der Waals surface area contributed by atoms with E-state index >= 15 is 0 Å². The molecular weight excluding hydrogens is 544 g/mol. The molecule has 0 aliphatic carbocycles. The van der Waals surface area contributed by atoms with E-state index in [9.17, 15) is 8.42 Å². The smallest absolute Gasteiger partial charge is 0.243 e. The van der Waals surface area contributed by atoms with Crippen molar-refractivity contribution in [3.05, 3.63) is 89.3 Å². The number of hydrogen-bond donors (Lipinski definition) is 0. The summed E-state index contributed by atoms with van der Waals surface area (Å²) in [5.74, 6) is 1.60. The highest BCUT2D eigenvalue weighted by Gasteiger charge is 2.32. The number of ether oxygens (including phenoxy) is 2. The van der Waals surface area contributed by atoms with Gasteiger partial charge in [-0.25, -0.2) is 18.4 Å². The Kier molecular flexibility index (Phi) is 8.20. The molecule has 1 atom stereocenters. The number of hydrogen-bond acceptors (Lipinski definition) is 8. The molecule has 208 valence electrons. The lowest BCUT2D eigenvalue weighted by atomic mass is 9.98. The second-order valence-electron chi connectivity index (χ2n) is 9.24. The highest BCUT2D eigenvalue weighted by atomic mass is 32.2. The summed E-state index contributed by atoms with van der Waals surface area (Å²) in [6.07, 6.45) is 0.714. The first kappa shape index (κ1) is 27.8. The Bertz CT molecular complexity index is 1580. The molecule has 1 aromatic heterocycles. The second-order valence-corrected chi connectivity index (χ2v) is 12.0. The molecule has 3 aromatic carbocycles. The van der Waals surface area contributed by atoms with Gasteiger partial charge in [0.15, 0.2) is 0 Å². The number of anilines is 1. The van der Waals surface area contributed by atoms with Crippen LogP contribution < -0.4 is 14.5 Å². The molecule has 5 rings (SSSR count). The SMILES string of the molecule is CCN(CC)S(=O)(=O)c1ccc(-c2csc(N3N=C(c4ccc(OC)cc4)C[C@H]3c3ccc(OC)cc3)n2)cc1. The Hall–Kier alpha value is -3.73. The first-order valence-electron chi connectivity index (χ1n) is 13.1. The lowest BCUT2D eigenvalue weighted by Gasteiger charge is -2.21. The average molecular weight is 577 g/mol. The van der Waals surface area contributed by atoms with E-state index in [-0.39, 0.29) is 10.9 Å². The van der Waals surface area contributed by atoms with Gasteiger partial charge in [-0.15, -0.1) is 11.3 Å². The molecule has 0 radical (unpaired) electrons. The fourth-order valence-electron chi connectivity index (χ4n) is 4.74. The third kappa shape index (κ3) is 5.47. The van der Waals surface area contributed by atoms with E-state index in [1.807, 2.05) is 72.8 Å². The number of rotatable bonds is 10. The summed E-state index contributed by atoms with van der Waals surface area (Å²) in [6, 6.07) is 22.8. The third-order valence-corrected chi connectivity index (χ3v) is 9.91. The zero-order valence-electron chi connectivity index (χ0n) is 22.9. The van der Waals surface area contributed by atoms with Gasteiger partial charge in [0.05, 0.1) is 36.6 Å². The van der Waals surface area contributed by atoms with Crippen molar-refractivity contribution < 1.29 is 17.9 Å². The van der Waals surface area contributed by atoms with Crippen LogP contribution in [0, 0.1) is 0 Å². The summed E-state index contributed by atoms with van der Waals surface area (Å²) in [5.41, 5.74) is 4.72. The van der Waals surface area contributed by atoms with Crippen LogP contribution in [0.3, 0.4) is 0 Å². The molecule has 40 heavy (non-hydrogen) atoms. The van der Waals surface area contributed by atoms with Crippen molar-refractivity contribution in [1.82, 2.24) is 9.29 Å². The predicted octanol–water partition coefficient (Wildman–Crippen LogP) is 6.21. The molecule has 0 amide bonds. The molecule has 0 saturated carbocycles. The molecule has 10 heteroatoms. The van der Waals surface area contributed by atoms with Crippen molar-refractivity contribution in [3.63, 3.8) is 0 Å². The molecule has 0 bridgehead atoms. The highest BCUT2D eigenvalue weighted by Crippen LogP contribution is 2.40. The fourth-order valence-corrected chi connectivity index (χ4v) is 7.03. The molecule has 8 nitrogen and oxygen atoms in total. The van der Waals surface area contributed by atoms with Crippen molar-refractivity contribution in [2.24, 2.45) is 5.10 Å². The predicted molar refractivity (Wildman–Crippen MR) is 160 cm³/mol. The van der Waals surface area contributed by atoms with E-state index < -0.39 is 10.0 Å². The number of hydrazone groups is 1. The number of nitrogens with zero attached hydrogens (tertiary/aromatic N) is 4. The summed E-state index contributed by atoms with van der Waals surface area (Å²) in [4.78, 5) is 5.20. The zero-order chi connectivity index (χ0) is 28.3. The Morgan fingerprint density at radius 3 is 2.02 bits per heavy atom. The van der Waals surface area contributed by atoms with E-state index in [2.05, 4.69) is 12.1 Å². The molecule has 1 aliphatic rings. The zero-order valence-corrected chi connectivity index (χ0v) is 24.6. The monoisotopic (exact) mass is 576 g/mol.